The van der Waals surface area contributed by atoms with Crippen LogP contribution in [0.4, 0.5) is 4.39 Å². The highest BCUT2D eigenvalue weighted by Gasteiger charge is 2.10. The average Bonchev–Trinajstić information content (AvgIpc) is 2.02. The molecule has 0 aliphatic heterocycles. The molecular weight excluding hydrogens is 261 g/mol. The molecule has 13 heavy (non-hydrogen) atoms. The van der Waals surface area contributed by atoms with Gasteiger partial charge in [0.15, 0.2) is 0 Å². The summed E-state index contributed by atoms with van der Waals surface area (Å²) in [7, 11) is -3.81. The smallest absolute Gasteiger partial charge is 0.225 e. The van der Waals surface area contributed by atoms with Gasteiger partial charge in [-0.3, -0.25) is 0 Å². The van der Waals surface area contributed by atoms with Gasteiger partial charge in [-0.05, 0) is 17.7 Å². The lowest BCUT2D eigenvalue weighted by atomic mass is 10.2. The lowest BCUT2D eigenvalue weighted by molar-refractivity contribution is 0.590. The van der Waals surface area contributed by atoms with Crippen LogP contribution >= 0.6 is 15.9 Å². The van der Waals surface area contributed by atoms with E-state index in [2.05, 4.69) is 15.9 Å². The summed E-state index contributed by atoms with van der Waals surface area (Å²) >= 11 is 3.06. The highest BCUT2D eigenvalue weighted by atomic mass is 79.9. The summed E-state index contributed by atoms with van der Waals surface area (Å²) in [6.45, 7) is 0. The van der Waals surface area contributed by atoms with Crippen molar-refractivity contribution in [2.75, 3.05) is 0 Å². The first kappa shape index (κ1) is 10.6. The quantitative estimate of drug-likeness (QED) is 0.823. The maximum Gasteiger partial charge on any atom is 0.238 e. The number of primary sulfonamides is 1. The fourth-order valence-electron chi connectivity index (χ4n) is 0.813. The van der Waals surface area contributed by atoms with Crippen LogP contribution < -0.4 is 5.14 Å². The highest BCUT2D eigenvalue weighted by molar-refractivity contribution is 9.08. The van der Waals surface area contributed by atoms with Gasteiger partial charge in [-0.15, -0.1) is 0 Å². The number of alkyl halides is 1. The van der Waals surface area contributed by atoms with Crippen LogP contribution in [0, 0.1) is 5.82 Å². The zero-order chi connectivity index (χ0) is 10.1. The molecule has 72 valence electrons. The molecule has 0 aromatic heterocycles. The van der Waals surface area contributed by atoms with Crippen LogP contribution in [0.3, 0.4) is 0 Å². The molecule has 1 aromatic rings. The minimum absolute atomic E-state index is 0.213. The molecule has 0 aliphatic carbocycles. The minimum Gasteiger partial charge on any atom is -0.225 e. The van der Waals surface area contributed by atoms with Crippen molar-refractivity contribution in [2.45, 2.75) is 10.2 Å². The molecule has 0 heterocycles. The number of sulfonamides is 1. The van der Waals surface area contributed by atoms with Gasteiger partial charge in [0.1, 0.15) is 5.82 Å². The molecule has 0 fully saturated rings. The third-order valence-electron chi connectivity index (χ3n) is 1.50. The first-order valence-electron chi connectivity index (χ1n) is 3.32. The summed E-state index contributed by atoms with van der Waals surface area (Å²) in [4.78, 5) is -0.213. The van der Waals surface area contributed by atoms with E-state index in [-0.39, 0.29) is 4.90 Å². The first-order chi connectivity index (χ1) is 5.95. The molecular formula is C7H7BrFNO2S. The minimum atomic E-state index is -3.81. The van der Waals surface area contributed by atoms with E-state index >= 15 is 0 Å². The van der Waals surface area contributed by atoms with Gasteiger partial charge in [0.25, 0.3) is 0 Å². The summed E-state index contributed by atoms with van der Waals surface area (Å²) in [5.41, 5.74) is 0.396. The average molecular weight is 268 g/mol. The predicted molar refractivity (Wildman–Crippen MR) is 50.4 cm³/mol. The summed E-state index contributed by atoms with van der Waals surface area (Å²) in [5, 5.41) is 5.15. The Morgan fingerprint density at radius 2 is 2.08 bits per heavy atom. The zero-order valence-corrected chi connectivity index (χ0v) is 8.90. The maximum absolute atomic E-state index is 13.0. The normalized spacial score (nSPS) is 11.6. The van der Waals surface area contributed by atoms with Gasteiger partial charge in [0.2, 0.25) is 10.0 Å². The van der Waals surface area contributed by atoms with Crippen LogP contribution in [0.1, 0.15) is 5.56 Å². The Hall–Kier alpha value is -0.460. The number of halogens is 2. The van der Waals surface area contributed by atoms with Crippen LogP contribution in [0.25, 0.3) is 0 Å². The molecule has 0 spiro atoms. The van der Waals surface area contributed by atoms with Crippen molar-refractivity contribution in [1.29, 1.82) is 0 Å². The van der Waals surface area contributed by atoms with Gasteiger partial charge in [-0.2, -0.15) is 0 Å². The Labute approximate surface area is 83.9 Å². The molecule has 2 N–H and O–H groups in total. The number of benzene rings is 1. The molecule has 0 atom stereocenters. The molecule has 0 saturated heterocycles. The SMILES string of the molecule is NS(=O)(=O)c1ccc(CBr)c(F)c1. The molecule has 1 aromatic carbocycles. The second kappa shape index (κ2) is 3.73. The zero-order valence-electron chi connectivity index (χ0n) is 6.50. The van der Waals surface area contributed by atoms with E-state index in [9.17, 15) is 12.8 Å². The molecule has 0 radical (unpaired) electrons. The van der Waals surface area contributed by atoms with Crippen LogP contribution in [0.15, 0.2) is 23.1 Å². The van der Waals surface area contributed by atoms with E-state index in [4.69, 9.17) is 5.14 Å². The van der Waals surface area contributed by atoms with Crippen molar-refractivity contribution in [1.82, 2.24) is 0 Å². The monoisotopic (exact) mass is 267 g/mol. The van der Waals surface area contributed by atoms with Crippen LogP contribution in [-0.2, 0) is 15.4 Å². The third kappa shape index (κ3) is 2.49. The Bertz CT molecular complexity index is 419. The summed E-state index contributed by atoms with van der Waals surface area (Å²) in [5.74, 6) is -0.580. The van der Waals surface area contributed by atoms with E-state index in [0.29, 0.717) is 10.9 Å². The Morgan fingerprint density at radius 3 is 2.46 bits per heavy atom. The largest absolute Gasteiger partial charge is 0.238 e. The fourth-order valence-corrected chi connectivity index (χ4v) is 1.79. The molecule has 0 unspecified atom stereocenters. The number of rotatable bonds is 2. The molecule has 0 aliphatic rings. The first-order valence-corrected chi connectivity index (χ1v) is 5.99. The Kier molecular flexibility index (Phi) is 3.05. The van der Waals surface area contributed by atoms with Crippen molar-refractivity contribution in [3.05, 3.63) is 29.6 Å². The molecule has 0 amide bonds. The standard InChI is InChI=1S/C7H7BrFNO2S/c8-4-5-1-2-6(3-7(5)9)13(10,11)12/h1-3H,4H2,(H2,10,11,12). The van der Waals surface area contributed by atoms with Crippen LogP contribution in [-0.4, -0.2) is 8.42 Å². The van der Waals surface area contributed by atoms with Gasteiger partial charge in [0, 0.05) is 5.33 Å². The summed E-state index contributed by atoms with van der Waals surface area (Å²) in [6, 6.07) is 3.56. The van der Waals surface area contributed by atoms with Gasteiger partial charge in [0.05, 0.1) is 4.90 Å². The second-order valence-electron chi connectivity index (χ2n) is 2.43. The van der Waals surface area contributed by atoms with Crippen LogP contribution in [0.2, 0.25) is 0 Å². The Balaban J connectivity index is 3.26. The number of hydrogen-bond acceptors (Lipinski definition) is 2. The molecule has 6 heteroatoms. The van der Waals surface area contributed by atoms with Crippen molar-refractivity contribution in [3.63, 3.8) is 0 Å². The van der Waals surface area contributed by atoms with Crippen LogP contribution in [0.5, 0.6) is 0 Å². The van der Waals surface area contributed by atoms with Gasteiger partial charge >= 0.3 is 0 Å². The summed E-state index contributed by atoms with van der Waals surface area (Å²) < 4.78 is 34.6. The van der Waals surface area contributed by atoms with Crippen molar-refractivity contribution in [3.8, 4) is 0 Å². The van der Waals surface area contributed by atoms with E-state index < -0.39 is 15.8 Å². The van der Waals surface area contributed by atoms with E-state index in [1.165, 1.54) is 12.1 Å². The second-order valence-corrected chi connectivity index (χ2v) is 4.55. The van der Waals surface area contributed by atoms with Crippen molar-refractivity contribution >= 4 is 26.0 Å². The third-order valence-corrected chi connectivity index (χ3v) is 3.01. The molecule has 0 saturated carbocycles. The van der Waals surface area contributed by atoms with Gasteiger partial charge < -0.3 is 0 Å². The molecule has 1 rings (SSSR count). The molecule has 3 nitrogen and oxygen atoms in total. The summed E-state index contributed by atoms with van der Waals surface area (Å²) in [6.07, 6.45) is 0. The van der Waals surface area contributed by atoms with E-state index in [0.717, 1.165) is 6.07 Å². The van der Waals surface area contributed by atoms with Crippen molar-refractivity contribution in [2.24, 2.45) is 5.14 Å². The lowest BCUT2D eigenvalue weighted by Crippen LogP contribution is -2.12. The highest BCUT2D eigenvalue weighted by Crippen LogP contribution is 2.15. The predicted octanol–water partition coefficient (Wildman–Crippen LogP) is 1.37. The van der Waals surface area contributed by atoms with Gasteiger partial charge in [-0.25, -0.2) is 17.9 Å². The number of hydrogen-bond donors (Lipinski definition) is 1. The van der Waals surface area contributed by atoms with Gasteiger partial charge in [-0.1, -0.05) is 22.0 Å². The Morgan fingerprint density at radius 1 is 1.46 bits per heavy atom. The number of nitrogens with two attached hydrogens (primary N) is 1. The van der Waals surface area contributed by atoms with E-state index in [1.54, 1.807) is 0 Å². The lowest BCUT2D eigenvalue weighted by Gasteiger charge is -2.01. The van der Waals surface area contributed by atoms with E-state index in [1.807, 2.05) is 0 Å². The van der Waals surface area contributed by atoms with Crippen molar-refractivity contribution < 1.29 is 12.8 Å². The fraction of sp³-hybridized carbons (Fsp3) is 0.143. The maximum atomic E-state index is 13.0. The topological polar surface area (TPSA) is 60.2 Å². The molecule has 0 bridgehead atoms.